The van der Waals surface area contributed by atoms with Crippen molar-refractivity contribution in [2.45, 2.75) is 32.2 Å². The van der Waals surface area contributed by atoms with E-state index in [4.69, 9.17) is 0 Å². The zero-order chi connectivity index (χ0) is 11.7. The highest BCUT2D eigenvalue weighted by atomic mass is 16.2. The fraction of sp³-hybridized carbons (Fsp3) is 0.700. The summed E-state index contributed by atoms with van der Waals surface area (Å²) in [6, 6.07) is -0.120. The first-order chi connectivity index (χ1) is 7.15. The monoisotopic (exact) mass is 214 g/mol. The lowest BCUT2D eigenvalue weighted by atomic mass is 10.1. The molecule has 1 atom stereocenters. The van der Waals surface area contributed by atoms with E-state index in [9.17, 15) is 14.4 Å². The molecule has 1 unspecified atom stereocenters. The van der Waals surface area contributed by atoms with Crippen molar-refractivity contribution in [2.75, 3.05) is 13.6 Å². The van der Waals surface area contributed by atoms with Gasteiger partial charge in [0.25, 0.3) is 0 Å². The molecule has 0 fully saturated rings. The molecule has 2 amide bonds. The van der Waals surface area contributed by atoms with E-state index in [-0.39, 0.29) is 11.8 Å². The van der Waals surface area contributed by atoms with Gasteiger partial charge in [-0.1, -0.05) is 0 Å². The minimum atomic E-state index is -0.120. The molecule has 0 aliphatic carbocycles. The summed E-state index contributed by atoms with van der Waals surface area (Å²) in [5, 5.41) is 2.92. The largest absolute Gasteiger partial charge is 0.311 e. The highest BCUT2D eigenvalue weighted by molar-refractivity contribution is 5.81. The van der Waals surface area contributed by atoms with Crippen LogP contribution in [-0.2, 0) is 14.4 Å². The molecule has 0 heterocycles. The van der Waals surface area contributed by atoms with E-state index < -0.39 is 0 Å². The SMILES string of the molecule is CNC(CCCCN(C=O)C=O)C(C)=O. The molecule has 86 valence electrons. The quantitative estimate of drug-likeness (QED) is 0.431. The van der Waals surface area contributed by atoms with Crippen LogP contribution in [0.5, 0.6) is 0 Å². The number of unbranched alkanes of at least 4 members (excludes halogenated alkanes) is 1. The van der Waals surface area contributed by atoms with Crippen LogP contribution < -0.4 is 5.32 Å². The Kier molecular flexibility index (Phi) is 7.44. The minimum absolute atomic E-state index is 0.111. The number of ketones is 1. The number of nitrogens with zero attached hydrogens (tertiary/aromatic N) is 1. The Balaban J connectivity index is 3.64. The van der Waals surface area contributed by atoms with Crippen LogP contribution in [0.4, 0.5) is 0 Å². The van der Waals surface area contributed by atoms with Crippen LogP contribution in [0.1, 0.15) is 26.2 Å². The maximum absolute atomic E-state index is 11.0. The van der Waals surface area contributed by atoms with Gasteiger partial charge in [-0.15, -0.1) is 0 Å². The van der Waals surface area contributed by atoms with E-state index in [1.165, 1.54) is 0 Å². The summed E-state index contributed by atoms with van der Waals surface area (Å²) in [7, 11) is 1.75. The summed E-state index contributed by atoms with van der Waals surface area (Å²) in [5.74, 6) is 0.111. The zero-order valence-corrected chi connectivity index (χ0v) is 9.23. The van der Waals surface area contributed by atoms with Gasteiger partial charge < -0.3 is 5.32 Å². The van der Waals surface area contributed by atoms with Crippen LogP contribution in [0.3, 0.4) is 0 Å². The number of Topliss-reactive ketones (excluding diaryl/α,β-unsaturated/α-hetero) is 1. The van der Waals surface area contributed by atoms with Crippen molar-refractivity contribution >= 4 is 18.6 Å². The van der Waals surface area contributed by atoms with E-state index in [2.05, 4.69) is 5.32 Å². The predicted molar refractivity (Wildman–Crippen MR) is 56.2 cm³/mol. The smallest absolute Gasteiger partial charge is 0.216 e. The molecule has 0 radical (unpaired) electrons. The third kappa shape index (κ3) is 5.96. The average Bonchev–Trinajstić information content (AvgIpc) is 2.23. The predicted octanol–water partition coefficient (Wildman–Crippen LogP) is -0.0515. The molecule has 5 heteroatoms. The normalized spacial score (nSPS) is 11.9. The number of carbonyl (C=O) groups excluding carboxylic acids is 3. The highest BCUT2D eigenvalue weighted by Gasteiger charge is 2.10. The van der Waals surface area contributed by atoms with Crippen molar-refractivity contribution in [1.29, 1.82) is 0 Å². The fourth-order valence-corrected chi connectivity index (χ4v) is 1.32. The summed E-state index contributed by atoms with van der Waals surface area (Å²) in [4.78, 5) is 32.6. The zero-order valence-electron chi connectivity index (χ0n) is 9.23. The van der Waals surface area contributed by atoms with Crippen molar-refractivity contribution in [3.8, 4) is 0 Å². The molecule has 5 nitrogen and oxygen atoms in total. The molecular weight excluding hydrogens is 196 g/mol. The molecule has 1 N–H and O–H groups in total. The number of amides is 2. The summed E-state index contributed by atoms with van der Waals surface area (Å²) >= 11 is 0. The van der Waals surface area contributed by atoms with Gasteiger partial charge in [-0.3, -0.25) is 19.3 Å². The summed E-state index contributed by atoms with van der Waals surface area (Å²) in [6.45, 7) is 1.96. The van der Waals surface area contributed by atoms with Crippen LogP contribution in [0, 0.1) is 0 Å². The lowest BCUT2D eigenvalue weighted by Crippen LogP contribution is -2.32. The van der Waals surface area contributed by atoms with Gasteiger partial charge >= 0.3 is 0 Å². The average molecular weight is 214 g/mol. The van der Waals surface area contributed by atoms with Crippen LogP contribution in [0.15, 0.2) is 0 Å². The molecule has 0 aromatic rings. The van der Waals surface area contributed by atoms with Gasteiger partial charge in [0.1, 0.15) is 5.78 Å². The van der Waals surface area contributed by atoms with Gasteiger partial charge in [0.05, 0.1) is 6.04 Å². The van der Waals surface area contributed by atoms with E-state index >= 15 is 0 Å². The molecule has 0 saturated carbocycles. The number of imide groups is 1. The first-order valence-corrected chi connectivity index (χ1v) is 4.99. The number of nitrogens with one attached hydrogen (secondary N) is 1. The fourth-order valence-electron chi connectivity index (χ4n) is 1.32. The first-order valence-electron chi connectivity index (χ1n) is 4.99. The van der Waals surface area contributed by atoms with E-state index in [0.717, 1.165) is 24.2 Å². The third-order valence-corrected chi connectivity index (χ3v) is 2.27. The standard InChI is InChI=1S/C10H18N2O3/c1-9(15)10(11-2)5-3-4-6-12(7-13)8-14/h7-8,10-11H,3-6H2,1-2H3. The van der Waals surface area contributed by atoms with Crippen LogP contribution >= 0.6 is 0 Å². The second kappa shape index (κ2) is 8.11. The summed E-state index contributed by atoms with van der Waals surface area (Å²) < 4.78 is 0. The second-order valence-corrected chi connectivity index (χ2v) is 3.40. The molecule has 0 aliphatic heterocycles. The van der Waals surface area contributed by atoms with Crippen molar-refractivity contribution in [3.05, 3.63) is 0 Å². The number of rotatable bonds is 9. The number of hydrogen-bond acceptors (Lipinski definition) is 4. The molecule has 0 rings (SSSR count). The molecule has 0 aromatic heterocycles. The van der Waals surface area contributed by atoms with Gasteiger partial charge in [0.15, 0.2) is 0 Å². The Bertz CT molecular complexity index is 211. The lowest BCUT2D eigenvalue weighted by molar-refractivity contribution is -0.129. The van der Waals surface area contributed by atoms with Gasteiger partial charge in [-0.2, -0.15) is 0 Å². The molecule has 0 saturated heterocycles. The maximum Gasteiger partial charge on any atom is 0.216 e. The number of likely N-dealkylation sites (N-methyl/N-ethyl adjacent to an activating group) is 1. The Labute approximate surface area is 89.8 Å². The third-order valence-electron chi connectivity index (χ3n) is 2.27. The first kappa shape index (κ1) is 13.8. The number of carbonyl (C=O) groups is 3. The Morgan fingerprint density at radius 1 is 1.33 bits per heavy atom. The van der Waals surface area contributed by atoms with Crippen LogP contribution in [-0.4, -0.2) is 43.1 Å². The lowest BCUT2D eigenvalue weighted by Gasteiger charge is -2.13. The van der Waals surface area contributed by atoms with Crippen molar-refractivity contribution < 1.29 is 14.4 Å². The van der Waals surface area contributed by atoms with Crippen molar-refractivity contribution in [1.82, 2.24) is 10.2 Å². The van der Waals surface area contributed by atoms with Crippen molar-refractivity contribution in [2.24, 2.45) is 0 Å². The van der Waals surface area contributed by atoms with Gasteiger partial charge in [-0.25, -0.2) is 0 Å². The van der Waals surface area contributed by atoms with Crippen molar-refractivity contribution in [3.63, 3.8) is 0 Å². The minimum Gasteiger partial charge on any atom is -0.311 e. The van der Waals surface area contributed by atoms with E-state index in [0.29, 0.717) is 19.4 Å². The Morgan fingerprint density at radius 2 is 1.93 bits per heavy atom. The molecular formula is C10H18N2O3. The maximum atomic E-state index is 11.0. The Hall–Kier alpha value is -1.23. The van der Waals surface area contributed by atoms with E-state index in [1.807, 2.05) is 0 Å². The summed E-state index contributed by atoms with van der Waals surface area (Å²) in [5.41, 5.74) is 0. The second-order valence-electron chi connectivity index (χ2n) is 3.40. The van der Waals surface area contributed by atoms with E-state index in [1.54, 1.807) is 14.0 Å². The highest BCUT2D eigenvalue weighted by Crippen LogP contribution is 2.02. The van der Waals surface area contributed by atoms with Gasteiger partial charge in [0, 0.05) is 6.54 Å². The molecule has 15 heavy (non-hydrogen) atoms. The molecule has 0 aromatic carbocycles. The summed E-state index contributed by atoms with van der Waals surface area (Å²) in [6.07, 6.45) is 3.28. The van der Waals surface area contributed by atoms with Crippen LogP contribution in [0.25, 0.3) is 0 Å². The number of hydrogen-bond donors (Lipinski definition) is 1. The topological polar surface area (TPSA) is 66.5 Å². The molecule has 0 aliphatic rings. The molecule has 0 spiro atoms. The molecule has 0 bridgehead atoms. The Morgan fingerprint density at radius 3 is 2.33 bits per heavy atom. The van der Waals surface area contributed by atoms with Gasteiger partial charge in [0.2, 0.25) is 12.8 Å². The van der Waals surface area contributed by atoms with Gasteiger partial charge in [-0.05, 0) is 33.2 Å². The van der Waals surface area contributed by atoms with Crippen LogP contribution in [0.2, 0.25) is 0 Å².